The van der Waals surface area contributed by atoms with Crippen molar-refractivity contribution in [1.29, 1.82) is 0 Å². The Balaban J connectivity index is 1.04. The Kier molecular flexibility index (Phi) is 11.7. The summed E-state index contributed by atoms with van der Waals surface area (Å²) in [6, 6.07) is 22.0. The van der Waals surface area contributed by atoms with E-state index in [2.05, 4.69) is 15.6 Å². The Bertz CT molecular complexity index is 1640. The number of phenols is 1. The Labute approximate surface area is 268 Å². The maximum Gasteiger partial charge on any atom is 0.411 e. The molecule has 5 rings (SSSR count). The van der Waals surface area contributed by atoms with Crippen LogP contribution in [0.2, 0.25) is 0 Å². The van der Waals surface area contributed by atoms with Crippen molar-refractivity contribution < 1.29 is 24.5 Å². The third-order valence-corrected chi connectivity index (χ3v) is 8.43. The summed E-state index contributed by atoms with van der Waals surface area (Å²) < 4.78 is 11.7. The first-order valence-electron chi connectivity index (χ1n) is 16.2. The molecule has 0 saturated heterocycles. The number of nitrogens with two attached hydrogens (primary N) is 1. The van der Waals surface area contributed by atoms with E-state index in [0.29, 0.717) is 41.1 Å². The first kappa shape index (κ1) is 33.0. The number of carbonyl (C=O) groups is 1. The summed E-state index contributed by atoms with van der Waals surface area (Å²) in [4.78, 5) is 27.1. The van der Waals surface area contributed by atoms with Crippen LogP contribution in [0.3, 0.4) is 0 Å². The van der Waals surface area contributed by atoms with Crippen LogP contribution in [0.15, 0.2) is 77.6 Å². The number of hydrogen-bond donors (Lipinski definition) is 6. The normalized spacial score (nSPS) is 17.0. The fourth-order valence-corrected chi connectivity index (χ4v) is 5.88. The molecule has 10 heteroatoms. The number of aromatic hydroxyl groups is 1. The van der Waals surface area contributed by atoms with Crippen molar-refractivity contribution in [3.05, 3.63) is 88.7 Å². The van der Waals surface area contributed by atoms with Gasteiger partial charge in [-0.15, -0.1) is 0 Å². The first-order chi connectivity index (χ1) is 22.4. The summed E-state index contributed by atoms with van der Waals surface area (Å²) in [6.45, 7) is 1.67. The molecule has 244 valence electrons. The number of rotatable bonds is 14. The second-order valence-corrected chi connectivity index (χ2v) is 11.9. The standard InChI is InChI=1S/C36H44N4O6/c37-25-10-12-26(13-11-25)46-36(44)39-31-22-27(14-15-28(31)24-8-4-3-5-9-24)45-21-7-2-1-6-20-38-23-33(42)29-16-18-32(41)35-30(29)17-19-34(43)40-35/h3-5,8-9,14-19,22,25-26,33,38,41-42H,1-2,6-7,10-13,20-21,23,37H2,(H,39,44)(H,40,43)/t25?,26?,33-/m0/s1. The lowest BCUT2D eigenvalue weighted by atomic mass is 9.94. The molecule has 7 N–H and O–H groups in total. The van der Waals surface area contributed by atoms with Crippen LogP contribution in [-0.2, 0) is 4.74 Å². The monoisotopic (exact) mass is 628 g/mol. The summed E-state index contributed by atoms with van der Waals surface area (Å²) in [5.74, 6) is 0.655. The maximum atomic E-state index is 12.8. The molecule has 1 saturated carbocycles. The number of aliphatic hydroxyl groups excluding tert-OH is 1. The van der Waals surface area contributed by atoms with Crippen molar-refractivity contribution in [3.8, 4) is 22.6 Å². The van der Waals surface area contributed by atoms with Gasteiger partial charge in [0.25, 0.3) is 0 Å². The van der Waals surface area contributed by atoms with Crippen molar-refractivity contribution in [2.75, 3.05) is 25.0 Å². The SMILES string of the molecule is NC1CCC(OC(=O)Nc2cc(OCCCCCCNC[C@H](O)c3ccc(O)c4[nH]c(=O)ccc34)ccc2-c2ccccc2)CC1. The van der Waals surface area contributed by atoms with Crippen LogP contribution in [0.5, 0.6) is 11.5 Å². The number of fused-ring (bicyclic) bond motifs is 1. The largest absolute Gasteiger partial charge is 0.506 e. The van der Waals surface area contributed by atoms with E-state index in [1.807, 2.05) is 48.5 Å². The third kappa shape index (κ3) is 9.09. The van der Waals surface area contributed by atoms with Crippen LogP contribution in [0.4, 0.5) is 10.5 Å². The van der Waals surface area contributed by atoms with Crippen molar-refractivity contribution in [1.82, 2.24) is 10.3 Å². The van der Waals surface area contributed by atoms with Gasteiger partial charge in [-0.25, -0.2) is 4.79 Å². The van der Waals surface area contributed by atoms with Crippen molar-refractivity contribution in [3.63, 3.8) is 0 Å². The average Bonchev–Trinajstić information content (AvgIpc) is 3.06. The molecular formula is C36H44N4O6. The Morgan fingerprint density at radius 1 is 0.957 bits per heavy atom. The summed E-state index contributed by atoms with van der Waals surface area (Å²) >= 11 is 0. The molecule has 1 aliphatic carbocycles. The summed E-state index contributed by atoms with van der Waals surface area (Å²) in [6.07, 6.45) is 5.75. The van der Waals surface area contributed by atoms with Crippen LogP contribution >= 0.6 is 0 Å². The van der Waals surface area contributed by atoms with Gasteiger partial charge in [0, 0.05) is 35.7 Å². The average molecular weight is 629 g/mol. The van der Waals surface area contributed by atoms with Gasteiger partial charge in [-0.2, -0.15) is 0 Å². The predicted octanol–water partition coefficient (Wildman–Crippen LogP) is 5.98. The number of phenolic OH excluding ortho intramolecular Hbond substituents is 1. The van der Waals surface area contributed by atoms with E-state index in [0.717, 1.165) is 69.0 Å². The number of nitrogens with one attached hydrogen (secondary N) is 3. The minimum absolute atomic E-state index is 0.0252. The van der Waals surface area contributed by atoms with E-state index in [1.54, 1.807) is 12.1 Å². The van der Waals surface area contributed by atoms with Crippen molar-refractivity contribution in [2.45, 2.75) is 69.6 Å². The highest BCUT2D eigenvalue weighted by molar-refractivity contribution is 5.92. The van der Waals surface area contributed by atoms with Gasteiger partial charge in [0.1, 0.15) is 17.6 Å². The number of unbranched alkanes of at least 4 members (excludes halogenated alkanes) is 3. The van der Waals surface area contributed by atoms with Gasteiger partial charge >= 0.3 is 6.09 Å². The zero-order valence-corrected chi connectivity index (χ0v) is 26.0. The third-order valence-electron chi connectivity index (χ3n) is 8.43. The second kappa shape index (κ2) is 16.3. The molecule has 3 aromatic carbocycles. The lowest BCUT2D eigenvalue weighted by Gasteiger charge is -2.26. The molecule has 1 fully saturated rings. The first-order valence-corrected chi connectivity index (χ1v) is 16.2. The zero-order chi connectivity index (χ0) is 32.3. The number of H-pyrrole nitrogens is 1. The molecule has 10 nitrogen and oxygen atoms in total. The van der Waals surface area contributed by atoms with Crippen molar-refractivity contribution >= 4 is 22.7 Å². The van der Waals surface area contributed by atoms with Crippen LogP contribution in [-0.4, -0.2) is 53.1 Å². The molecule has 0 spiro atoms. The summed E-state index contributed by atoms with van der Waals surface area (Å²) in [5, 5.41) is 27.6. The smallest absolute Gasteiger partial charge is 0.411 e. The fraction of sp³-hybridized carbons (Fsp3) is 0.389. The van der Waals surface area contributed by atoms with Crippen molar-refractivity contribution in [2.24, 2.45) is 5.73 Å². The number of hydrogen-bond acceptors (Lipinski definition) is 8. The lowest BCUT2D eigenvalue weighted by Crippen LogP contribution is -2.32. The number of aliphatic hydroxyl groups is 1. The molecule has 1 amide bonds. The fourth-order valence-electron chi connectivity index (χ4n) is 5.88. The van der Waals surface area contributed by atoms with Crippen LogP contribution in [0.25, 0.3) is 22.0 Å². The van der Waals surface area contributed by atoms with Gasteiger partial charge in [0.2, 0.25) is 5.56 Å². The lowest BCUT2D eigenvalue weighted by molar-refractivity contribution is 0.0826. The Hall–Kier alpha value is -4.38. The highest BCUT2D eigenvalue weighted by Gasteiger charge is 2.22. The van der Waals surface area contributed by atoms with Crippen LogP contribution in [0, 0.1) is 0 Å². The molecular weight excluding hydrogens is 584 g/mol. The Morgan fingerprint density at radius 2 is 1.74 bits per heavy atom. The topological polar surface area (TPSA) is 159 Å². The predicted molar refractivity (Wildman–Crippen MR) is 180 cm³/mol. The number of pyridine rings is 1. The Morgan fingerprint density at radius 3 is 2.54 bits per heavy atom. The van der Waals surface area contributed by atoms with E-state index in [1.165, 1.54) is 12.1 Å². The van der Waals surface area contributed by atoms with E-state index >= 15 is 0 Å². The van der Waals surface area contributed by atoms with Crippen LogP contribution < -0.4 is 26.7 Å². The molecule has 0 bridgehead atoms. The molecule has 1 aromatic heterocycles. The highest BCUT2D eigenvalue weighted by Crippen LogP contribution is 2.32. The summed E-state index contributed by atoms with van der Waals surface area (Å²) in [5.41, 5.74) is 9.18. The number of carbonyl (C=O) groups excluding carboxylic acids is 1. The number of amides is 1. The van der Waals surface area contributed by atoms with Gasteiger partial charge in [0.05, 0.1) is 23.9 Å². The number of ether oxygens (including phenoxy) is 2. The van der Waals surface area contributed by atoms with Gasteiger partial charge in [-0.3, -0.25) is 10.1 Å². The molecule has 1 heterocycles. The zero-order valence-electron chi connectivity index (χ0n) is 26.0. The molecule has 4 aromatic rings. The molecule has 46 heavy (non-hydrogen) atoms. The highest BCUT2D eigenvalue weighted by atomic mass is 16.6. The van der Waals surface area contributed by atoms with E-state index in [9.17, 15) is 19.8 Å². The number of aromatic amines is 1. The van der Waals surface area contributed by atoms with Gasteiger partial charge < -0.3 is 35.7 Å². The molecule has 0 radical (unpaired) electrons. The molecule has 1 atom stereocenters. The molecule has 1 aliphatic rings. The molecule has 0 unspecified atom stereocenters. The minimum atomic E-state index is -0.775. The van der Waals surface area contributed by atoms with Gasteiger partial charge in [0.15, 0.2) is 0 Å². The van der Waals surface area contributed by atoms with E-state index in [-0.39, 0.29) is 23.5 Å². The summed E-state index contributed by atoms with van der Waals surface area (Å²) in [7, 11) is 0. The van der Waals surface area contributed by atoms with Crippen LogP contribution in [0.1, 0.15) is 63.0 Å². The molecule has 0 aliphatic heterocycles. The van der Waals surface area contributed by atoms with Gasteiger partial charge in [-0.1, -0.05) is 49.2 Å². The van der Waals surface area contributed by atoms with E-state index < -0.39 is 12.2 Å². The maximum absolute atomic E-state index is 12.8. The number of anilines is 1. The number of benzene rings is 3. The quantitative estimate of drug-likeness (QED) is 0.0931. The minimum Gasteiger partial charge on any atom is -0.506 e. The van der Waals surface area contributed by atoms with E-state index in [4.69, 9.17) is 15.2 Å². The second-order valence-electron chi connectivity index (χ2n) is 11.9. The number of aromatic nitrogens is 1. The van der Waals surface area contributed by atoms with Gasteiger partial charge in [-0.05, 0) is 80.5 Å².